The molecule has 0 spiro atoms. The van der Waals surface area contributed by atoms with E-state index in [9.17, 15) is 14.4 Å². The van der Waals surface area contributed by atoms with Gasteiger partial charge in [-0.3, -0.25) is 14.4 Å². The van der Waals surface area contributed by atoms with Gasteiger partial charge in [-0.05, 0) is 36.2 Å². The molecule has 0 saturated carbocycles. The van der Waals surface area contributed by atoms with E-state index in [1.807, 2.05) is 42.5 Å². The molecule has 3 aromatic rings. The third-order valence-electron chi connectivity index (χ3n) is 5.28. The second kappa shape index (κ2) is 8.74. The Kier molecular flexibility index (Phi) is 5.70. The Balaban J connectivity index is 1.62. The number of carbonyl (C=O) groups excluding carboxylic acids is 3. The summed E-state index contributed by atoms with van der Waals surface area (Å²) in [7, 11) is 0. The van der Waals surface area contributed by atoms with E-state index in [2.05, 4.69) is 0 Å². The molecular formula is C25H22N2O3. The highest BCUT2D eigenvalue weighted by atomic mass is 16.2. The number of anilines is 1. The number of rotatable bonds is 6. The molecule has 5 heteroatoms. The van der Waals surface area contributed by atoms with E-state index in [1.54, 1.807) is 53.4 Å². The van der Waals surface area contributed by atoms with Crippen LogP contribution in [0.3, 0.4) is 0 Å². The van der Waals surface area contributed by atoms with Gasteiger partial charge in [-0.2, -0.15) is 0 Å². The van der Waals surface area contributed by atoms with E-state index in [-0.39, 0.29) is 24.1 Å². The zero-order chi connectivity index (χ0) is 20.9. The summed E-state index contributed by atoms with van der Waals surface area (Å²) in [5, 5.41) is 0. The molecule has 3 aromatic carbocycles. The lowest BCUT2D eigenvalue weighted by atomic mass is 10.1. The van der Waals surface area contributed by atoms with Crippen LogP contribution in [-0.2, 0) is 16.0 Å². The second-order valence-corrected chi connectivity index (χ2v) is 7.22. The summed E-state index contributed by atoms with van der Waals surface area (Å²) in [6.45, 7) is 0.351. The zero-order valence-electron chi connectivity index (χ0n) is 16.5. The van der Waals surface area contributed by atoms with Gasteiger partial charge in [0.1, 0.15) is 6.04 Å². The number of amides is 3. The molecule has 5 nitrogen and oxygen atoms in total. The van der Waals surface area contributed by atoms with Gasteiger partial charge in [-0.25, -0.2) is 4.90 Å². The average Bonchev–Trinajstić information content (AvgIpc) is 3.09. The van der Waals surface area contributed by atoms with Crippen molar-refractivity contribution in [3.05, 3.63) is 102 Å². The third kappa shape index (κ3) is 4.01. The minimum Gasteiger partial charge on any atom is -0.326 e. The molecule has 0 aliphatic carbocycles. The fourth-order valence-electron chi connectivity index (χ4n) is 3.75. The van der Waals surface area contributed by atoms with Gasteiger partial charge in [0.25, 0.3) is 11.8 Å². The minimum absolute atomic E-state index is 0.0128. The standard InChI is InChI=1S/C25H22N2O3/c28-23-18-22(25(30)27(23)21-14-8-3-9-15-21)26(17-16-19-10-4-1-5-11-19)24(29)20-12-6-2-7-13-20/h1-15,22H,16-18H2. The van der Waals surface area contributed by atoms with Crippen LogP contribution in [0.25, 0.3) is 0 Å². The van der Waals surface area contributed by atoms with Crippen molar-refractivity contribution in [1.82, 2.24) is 4.90 Å². The first-order valence-corrected chi connectivity index (χ1v) is 9.97. The predicted octanol–water partition coefficient (Wildman–Crippen LogP) is 3.70. The van der Waals surface area contributed by atoms with Crippen molar-refractivity contribution in [1.29, 1.82) is 0 Å². The van der Waals surface area contributed by atoms with Gasteiger partial charge in [0.05, 0.1) is 12.1 Å². The SMILES string of the molecule is O=C1CC(N(CCc2ccccc2)C(=O)c2ccccc2)C(=O)N1c1ccccc1. The summed E-state index contributed by atoms with van der Waals surface area (Å²) in [4.78, 5) is 41.9. The summed E-state index contributed by atoms with van der Waals surface area (Å²) < 4.78 is 0. The number of benzene rings is 3. The minimum atomic E-state index is -0.811. The van der Waals surface area contributed by atoms with Gasteiger partial charge >= 0.3 is 0 Å². The monoisotopic (exact) mass is 398 g/mol. The Morgan fingerprint density at radius 1 is 0.833 bits per heavy atom. The quantitative estimate of drug-likeness (QED) is 0.595. The van der Waals surface area contributed by atoms with E-state index in [1.165, 1.54) is 4.90 Å². The van der Waals surface area contributed by atoms with Crippen LogP contribution in [0.1, 0.15) is 22.3 Å². The molecule has 150 valence electrons. The van der Waals surface area contributed by atoms with Crippen molar-refractivity contribution in [2.24, 2.45) is 0 Å². The van der Waals surface area contributed by atoms with Crippen LogP contribution in [0, 0.1) is 0 Å². The summed E-state index contributed by atoms with van der Waals surface area (Å²) >= 11 is 0. The van der Waals surface area contributed by atoms with E-state index in [4.69, 9.17) is 0 Å². The van der Waals surface area contributed by atoms with Crippen molar-refractivity contribution in [3.8, 4) is 0 Å². The van der Waals surface area contributed by atoms with Crippen molar-refractivity contribution in [2.45, 2.75) is 18.9 Å². The maximum absolute atomic E-state index is 13.3. The topological polar surface area (TPSA) is 57.7 Å². The molecule has 30 heavy (non-hydrogen) atoms. The van der Waals surface area contributed by atoms with Crippen molar-refractivity contribution in [3.63, 3.8) is 0 Å². The average molecular weight is 398 g/mol. The Bertz CT molecular complexity index is 1040. The maximum atomic E-state index is 13.3. The third-order valence-corrected chi connectivity index (χ3v) is 5.28. The second-order valence-electron chi connectivity index (χ2n) is 7.22. The Labute approximate surface area is 175 Å². The van der Waals surface area contributed by atoms with Crippen LogP contribution in [0.4, 0.5) is 5.69 Å². The van der Waals surface area contributed by atoms with Crippen LogP contribution in [0.2, 0.25) is 0 Å². The van der Waals surface area contributed by atoms with Gasteiger partial charge in [0.15, 0.2) is 0 Å². The van der Waals surface area contributed by atoms with E-state index in [0.717, 1.165) is 5.56 Å². The molecule has 1 aliphatic heterocycles. The normalized spacial score (nSPS) is 16.0. The van der Waals surface area contributed by atoms with Gasteiger partial charge in [0, 0.05) is 12.1 Å². The van der Waals surface area contributed by atoms with E-state index >= 15 is 0 Å². The highest BCUT2D eigenvalue weighted by molar-refractivity contribution is 6.23. The zero-order valence-corrected chi connectivity index (χ0v) is 16.5. The molecule has 4 rings (SSSR count). The summed E-state index contributed by atoms with van der Waals surface area (Å²) in [6, 6.07) is 26.7. The lowest BCUT2D eigenvalue weighted by molar-refractivity contribution is -0.122. The molecule has 1 unspecified atom stereocenters. The van der Waals surface area contributed by atoms with Crippen LogP contribution in [0.15, 0.2) is 91.0 Å². The smallest absolute Gasteiger partial charge is 0.257 e. The Morgan fingerprint density at radius 2 is 1.40 bits per heavy atom. The molecule has 1 atom stereocenters. The number of hydrogen-bond donors (Lipinski definition) is 0. The first-order chi connectivity index (χ1) is 14.6. The number of nitrogens with zero attached hydrogens (tertiary/aromatic N) is 2. The molecule has 0 bridgehead atoms. The number of carbonyl (C=O) groups is 3. The van der Waals surface area contributed by atoms with Crippen LogP contribution in [-0.4, -0.2) is 35.2 Å². The van der Waals surface area contributed by atoms with Crippen LogP contribution in [0.5, 0.6) is 0 Å². The van der Waals surface area contributed by atoms with Crippen molar-refractivity contribution in [2.75, 3.05) is 11.4 Å². The van der Waals surface area contributed by atoms with Gasteiger partial charge in [0.2, 0.25) is 5.91 Å². The molecule has 0 N–H and O–H groups in total. The van der Waals surface area contributed by atoms with Gasteiger partial charge in [-0.15, -0.1) is 0 Å². The van der Waals surface area contributed by atoms with Crippen LogP contribution >= 0.6 is 0 Å². The number of para-hydroxylation sites is 1. The van der Waals surface area contributed by atoms with Gasteiger partial charge < -0.3 is 4.90 Å². The first kappa shape index (κ1) is 19.6. The molecule has 0 aromatic heterocycles. The molecule has 1 heterocycles. The summed E-state index contributed by atoms with van der Waals surface area (Å²) in [6.07, 6.45) is 0.587. The maximum Gasteiger partial charge on any atom is 0.257 e. The Hall–Kier alpha value is -3.73. The lowest BCUT2D eigenvalue weighted by Crippen LogP contribution is -2.46. The van der Waals surface area contributed by atoms with Crippen molar-refractivity contribution < 1.29 is 14.4 Å². The highest BCUT2D eigenvalue weighted by Gasteiger charge is 2.44. The van der Waals surface area contributed by atoms with Gasteiger partial charge in [-0.1, -0.05) is 66.7 Å². The van der Waals surface area contributed by atoms with Crippen molar-refractivity contribution >= 4 is 23.4 Å². The summed E-state index contributed by atoms with van der Waals surface area (Å²) in [5.74, 6) is -0.891. The fourth-order valence-corrected chi connectivity index (χ4v) is 3.75. The van der Waals surface area contributed by atoms with E-state index in [0.29, 0.717) is 24.2 Å². The van der Waals surface area contributed by atoms with Crippen LogP contribution < -0.4 is 4.90 Å². The largest absolute Gasteiger partial charge is 0.326 e. The van der Waals surface area contributed by atoms with E-state index < -0.39 is 6.04 Å². The predicted molar refractivity (Wildman–Crippen MR) is 115 cm³/mol. The first-order valence-electron chi connectivity index (χ1n) is 9.97. The highest BCUT2D eigenvalue weighted by Crippen LogP contribution is 2.26. The fraction of sp³-hybridized carbons (Fsp3) is 0.160. The lowest BCUT2D eigenvalue weighted by Gasteiger charge is -2.28. The summed E-state index contributed by atoms with van der Waals surface area (Å²) in [5.41, 5.74) is 2.11. The molecule has 0 radical (unpaired) electrons. The molecule has 1 fully saturated rings. The Morgan fingerprint density at radius 3 is 2.03 bits per heavy atom. The molecular weight excluding hydrogens is 376 g/mol. The molecule has 3 amide bonds. The number of hydrogen-bond acceptors (Lipinski definition) is 3. The molecule has 1 aliphatic rings. The number of imide groups is 1. The molecule has 1 saturated heterocycles.